The molecule has 1 heterocycles. The fourth-order valence-electron chi connectivity index (χ4n) is 2.08. The average molecular weight is 273 g/mol. The van der Waals surface area contributed by atoms with Crippen molar-refractivity contribution in [2.45, 2.75) is 13.5 Å². The summed E-state index contributed by atoms with van der Waals surface area (Å²) < 4.78 is 6.98. The van der Waals surface area contributed by atoms with E-state index >= 15 is 0 Å². The van der Waals surface area contributed by atoms with Crippen molar-refractivity contribution in [1.82, 2.24) is 15.1 Å². The van der Waals surface area contributed by atoms with Gasteiger partial charge in [-0.15, -0.1) is 0 Å². The molecule has 0 amide bonds. The quantitative estimate of drug-likeness (QED) is 0.898. The minimum atomic E-state index is -0.0861. The molecule has 0 saturated heterocycles. The topological polar surface area (TPSA) is 56.1 Å². The molecule has 0 aliphatic carbocycles. The molecule has 0 aliphatic heterocycles. The van der Waals surface area contributed by atoms with Crippen LogP contribution in [0.2, 0.25) is 0 Å². The molecule has 0 radical (unpaired) electrons. The van der Waals surface area contributed by atoms with E-state index in [0.717, 1.165) is 17.0 Å². The lowest BCUT2D eigenvalue weighted by Crippen LogP contribution is -2.26. The molecule has 20 heavy (non-hydrogen) atoms. The van der Waals surface area contributed by atoms with E-state index in [-0.39, 0.29) is 5.56 Å². The van der Waals surface area contributed by atoms with Crippen LogP contribution in [0.3, 0.4) is 0 Å². The summed E-state index contributed by atoms with van der Waals surface area (Å²) in [6.07, 6.45) is 0. The number of hydrogen-bond donors (Lipinski definition) is 1. The molecule has 2 rings (SSSR count). The zero-order valence-corrected chi connectivity index (χ0v) is 12.0. The van der Waals surface area contributed by atoms with Crippen molar-refractivity contribution >= 4 is 0 Å². The van der Waals surface area contributed by atoms with Crippen molar-refractivity contribution in [3.63, 3.8) is 0 Å². The van der Waals surface area contributed by atoms with Gasteiger partial charge in [-0.05, 0) is 32.2 Å². The van der Waals surface area contributed by atoms with Gasteiger partial charge in [-0.1, -0.05) is 12.1 Å². The van der Waals surface area contributed by atoms with Crippen LogP contribution in [0.4, 0.5) is 0 Å². The van der Waals surface area contributed by atoms with Gasteiger partial charge in [0.1, 0.15) is 5.75 Å². The van der Waals surface area contributed by atoms with Gasteiger partial charge in [-0.25, -0.2) is 4.68 Å². The molecule has 2 aromatic rings. The van der Waals surface area contributed by atoms with Gasteiger partial charge in [0, 0.05) is 24.7 Å². The third-order valence-electron chi connectivity index (χ3n) is 2.97. The highest BCUT2D eigenvalue weighted by atomic mass is 16.5. The Morgan fingerprint density at radius 2 is 2.10 bits per heavy atom. The SMILES string of the molecule is CCOc1ccccc1-c1cc(CNC)c(=O)n(C)n1. The molecule has 5 nitrogen and oxygen atoms in total. The molecule has 0 bridgehead atoms. The predicted octanol–water partition coefficient (Wildman–Crippen LogP) is 1.57. The Balaban J connectivity index is 2.55. The van der Waals surface area contributed by atoms with Crippen LogP contribution >= 0.6 is 0 Å². The highest BCUT2D eigenvalue weighted by Gasteiger charge is 2.11. The van der Waals surface area contributed by atoms with Crippen molar-refractivity contribution in [2.24, 2.45) is 7.05 Å². The zero-order valence-electron chi connectivity index (χ0n) is 12.0. The lowest BCUT2D eigenvalue weighted by molar-refractivity contribution is 0.341. The first-order valence-corrected chi connectivity index (χ1v) is 6.61. The van der Waals surface area contributed by atoms with E-state index in [4.69, 9.17) is 4.74 Å². The molecule has 106 valence electrons. The smallest absolute Gasteiger partial charge is 0.271 e. The van der Waals surface area contributed by atoms with Gasteiger partial charge in [-0.2, -0.15) is 5.10 Å². The summed E-state index contributed by atoms with van der Waals surface area (Å²) in [6.45, 7) is 3.04. The number of benzene rings is 1. The van der Waals surface area contributed by atoms with Gasteiger partial charge < -0.3 is 10.1 Å². The van der Waals surface area contributed by atoms with Crippen molar-refractivity contribution < 1.29 is 4.74 Å². The molecular formula is C15H19N3O2. The minimum absolute atomic E-state index is 0.0861. The lowest BCUT2D eigenvalue weighted by atomic mass is 10.1. The van der Waals surface area contributed by atoms with E-state index in [0.29, 0.717) is 18.7 Å². The van der Waals surface area contributed by atoms with Gasteiger partial charge in [-0.3, -0.25) is 4.79 Å². The summed E-state index contributed by atoms with van der Waals surface area (Å²) in [6, 6.07) is 9.52. The fourth-order valence-corrected chi connectivity index (χ4v) is 2.08. The highest BCUT2D eigenvalue weighted by Crippen LogP contribution is 2.28. The Bertz CT molecular complexity index is 650. The molecule has 0 aliphatic rings. The van der Waals surface area contributed by atoms with Crippen LogP contribution in [0, 0.1) is 0 Å². The van der Waals surface area contributed by atoms with Crippen LogP contribution in [0.5, 0.6) is 5.75 Å². The molecule has 0 spiro atoms. The van der Waals surface area contributed by atoms with Gasteiger partial charge in [0.15, 0.2) is 0 Å². The van der Waals surface area contributed by atoms with Crippen LogP contribution in [0.25, 0.3) is 11.3 Å². The Hall–Kier alpha value is -2.14. The summed E-state index contributed by atoms with van der Waals surface area (Å²) in [5, 5.41) is 7.32. The fraction of sp³-hybridized carbons (Fsp3) is 0.333. The van der Waals surface area contributed by atoms with Crippen molar-refractivity contribution in [1.29, 1.82) is 0 Å². The van der Waals surface area contributed by atoms with E-state index < -0.39 is 0 Å². The third kappa shape index (κ3) is 2.88. The number of aromatic nitrogens is 2. The van der Waals surface area contributed by atoms with E-state index in [1.54, 1.807) is 7.05 Å². The van der Waals surface area contributed by atoms with E-state index in [1.165, 1.54) is 4.68 Å². The average Bonchev–Trinajstić information content (AvgIpc) is 2.45. The second kappa shape index (κ2) is 6.34. The summed E-state index contributed by atoms with van der Waals surface area (Å²) in [4.78, 5) is 12.0. The number of ether oxygens (including phenoxy) is 1. The lowest BCUT2D eigenvalue weighted by Gasteiger charge is -2.11. The second-order valence-corrected chi connectivity index (χ2v) is 4.44. The zero-order chi connectivity index (χ0) is 14.5. The van der Waals surface area contributed by atoms with Crippen molar-refractivity contribution in [3.8, 4) is 17.0 Å². The van der Waals surface area contributed by atoms with E-state index in [9.17, 15) is 4.79 Å². The van der Waals surface area contributed by atoms with Gasteiger partial charge in [0.25, 0.3) is 5.56 Å². The summed E-state index contributed by atoms with van der Waals surface area (Å²) in [5.41, 5.74) is 2.23. The molecule has 0 unspecified atom stereocenters. The Labute approximate surface area is 118 Å². The molecule has 1 aromatic carbocycles. The Morgan fingerprint density at radius 3 is 2.80 bits per heavy atom. The van der Waals surface area contributed by atoms with E-state index in [2.05, 4.69) is 10.4 Å². The molecular weight excluding hydrogens is 254 g/mol. The van der Waals surface area contributed by atoms with Crippen molar-refractivity contribution in [3.05, 3.63) is 46.2 Å². The Kier molecular flexibility index (Phi) is 4.53. The number of nitrogens with one attached hydrogen (secondary N) is 1. The molecule has 1 aromatic heterocycles. The van der Waals surface area contributed by atoms with Crippen LogP contribution in [0.15, 0.2) is 35.1 Å². The van der Waals surface area contributed by atoms with Crippen LogP contribution in [-0.4, -0.2) is 23.4 Å². The monoisotopic (exact) mass is 273 g/mol. The first-order chi connectivity index (χ1) is 9.67. The largest absolute Gasteiger partial charge is 0.493 e. The Morgan fingerprint density at radius 1 is 1.35 bits per heavy atom. The van der Waals surface area contributed by atoms with Crippen LogP contribution in [-0.2, 0) is 13.6 Å². The van der Waals surface area contributed by atoms with Gasteiger partial charge in [0.2, 0.25) is 0 Å². The van der Waals surface area contributed by atoms with Crippen molar-refractivity contribution in [2.75, 3.05) is 13.7 Å². The second-order valence-electron chi connectivity index (χ2n) is 4.44. The van der Waals surface area contributed by atoms with E-state index in [1.807, 2.05) is 44.3 Å². The van der Waals surface area contributed by atoms with Gasteiger partial charge in [0.05, 0.1) is 12.3 Å². The maximum absolute atomic E-state index is 12.0. The van der Waals surface area contributed by atoms with Crippen LogP contribution < -0.4 is 15.6 Å². The number of rotatable bonds is 5. The molecule has 1 N–H and O–H groups in total. The number of nitrogens with zero attached hydrogens (tertiary/aromatic N) is 2. The first-order valence-electron chi connectivity index (χ1n) is 6.61. The summed E-state index contributed by atoms with van der Waals surface area (Å²) in [7, 11) is 3.47. The minimum Gasteiger partial charge on any atom is -0.493 e. The van der Waals surface area contributed by atoms with Gasteiger partial charge >= 0.3 is 0 Å². The summed E-state index contributed by atoms with van der Waals surface area (Å²) >= 11 is 0. The maximum Gasteiger partial charge on any atom is 0.271 e. The normalized spacial score (nSPS) is 10.6. The molecule has 0 saturated carbocycles. The third-order valence-corrected chi connectivity index (χ3v) is 2.97. The first kappa shape index (κ1) is 14.3. The highest BCUT2D eigenvalue weighted by molar-refractivity contribution is 5.67. The number of para-hydroxylation sites is 1. The predicted molar refractivity (Wildman–Crippen MR) is 78.8 cm³/mol. The number of aryl methyl sites for hydroxylation is 1. The van der Waals surface area contributed by atoms with Crippen LogP contribution in [0.1, 0.15) is 12.5 Å². The maximum atomic E-state index is 12.0. The molecule has 0 atom stereocenters. The number of hydrogen-bond acceptors (Lipinski definition) is 4. The summed E-state index contributed by atoms with van der Waals surface area (Å²) in [5.74, 6) is 0.775. The standard InChI is InChI=1S/C15H19N3O2/c1-4-20-14-8-6-5-7-12(14)13-9-11(10-16-2)15(19)18(3)17-13/h5-9,16H,4,10H2,1-3H3. The molecule has 5 heteroatoms. The molecule has 0 fully saturated rings.